The Balaban J connectivity index is 2.30. The van der Waals surface area contributed by atoms with Crippen LogP contribution >= 0.6 is 0 Å². The number of hydrogen-bond acceptors (Lipinski definition) is 5. The highest BCUT2D eigenvalue weighted by Crippen LogP contribution is 2.23. The van der Waals surface area contributed by atoms with Gasteiger partial charge in [0.15, 0.2) is 0 Å². The van der Waals surface area contributed by atoms with E-state index in [9.17, 15) is 0 Å². The number of aliphatic hydroxyl groups excluding tert-OH is 1. The van der Waals surface area contributed by atoms with Crippen molar-refractivity contribution in [2.24, 2.45) is 16.3 Å². The van der Waals surface area contributed by atoms with Crippen LogP contribution in [0.5, 0.6) is 0 Å². The third-order valence-corrected chi connectivity index (χ3v) is 4.14. The van der Waals surface area contributed by atoms with Crippen LogP contribution in [0.25, 0.3) is 0 Å². The minimum absolute atomic E-state index is 0.0557. The van der Waals surface area contributed by atoms with Gasteiger partial charge < -0.3 is 20.8 Å². The van der Waals surface area contributed by atoms with Crippen molar-refractivity contribution in [3.05, 3.63) is 0 Å². The first kappa shape index (κ1) is 17.2. The minimum atomic E-state index is -0.265. The van der Waals surface area contributed by atoms with Crippen LogP contribution in [0.3, 0.4) is 0 Å². The SMILES string of the molecule is CC1COC(CO)CN1CCCCC(C)(C)C(N)=NO. The van der Waals surface area contributed by atoms with Crippen molar-refractivity contribution in [3.8, 4) is 0 Å². The van der Waals surface area contributed by atoms with Crippen LogP contribution in [0.15, 0.2) is 5.16 Å². The van der Waals surface area contributed by atoms with E-state index in [1.54, 1.807) is 0 Å². The largest absolute Gasteiger partial charge is 0.409 e. The Morgan fingerprint density at radius 3 is 2.75 bits per heavy atom. The van der Waals surface area contributed by atoms with Crippen molar-refractivity contribution in [3.63, 3.8) is 0 Å². The van der Waals surface area contributed by atoms with E-state index in [0.717, 1.165) is 32.4 Å². The second-order valence-electron chi connectivity index (χ2n) is 6.31. The van der Waals surface area contributed by atoms with Gasteiger partial charge in [-0.25, -0.2) is 0 Å². The van der Waals surface area contributed by atoms with E-state index < -0.39 is 0 Å². The van der Waals surface area contributed by atoms with Gasteiger partial charge in [-0.1, -0.05) is 25.4 Å². The lowest BCUT2D eigenvalue weighted by atomic mass is 9.86. The fourth-order valence-corrected chi connectivity index (χ4v) is 2.44. The summed E-state index contributed by atoms with van der Waals surface area (Å²) in [5.41, 5.74) is 5.41. The second kappa shape index (κ2) is 7.81. The van der Waals surface area contributed by atoms with Gasteiger partial charge in [0.05, 0.1) is 19.3 Å². The first-order valence-electron chi connectivity index (χ1n) is 7.35. The van der Waals surface area contributed by atoms with Crippen molar-refractivity contribution in [1.82, 2.24) is 4.90 Å². The van der Waals surface area contributed by atoms with Gasteiger partial charge in [0.1, 0.15) is 5.84 Å². The molecule has 0 bridgehead atoms. The first-order chi connectivity index (χ1) is 9.40. The maximum Gasteiger partial charge on any atom is 0.144 e. The molecule has 0 aromatic rings. The van der Waals surface area contributed by atoms with Crippen molar-refractivity contribution < 1.29 is 15.1 Å². The topological polar surface area (TPSA) is 91.3 Å². The standard InChI is InChI=1S/C14H29N3O3/c1-11-10-20-12(9-18)8-17(11)7-5-4-6-14(2,3)13(15)16-19/h11-12,18-19H,4-10H2,1-3H3,(H2,15,16). The molecule has 0 aliphatic carbocycles. The molecule has 1 heterocycles. The highest BCUT2D eigenvalue weighted by Gasteiger charge is 2.26. The molecule has 2 unspecified atom stereocenters. The number of oxime groups is 1. The summed E-state index contributed by atoms with van der Waals surface area (Å²) in [5, 5.41) is 21.0. The van der Waals surface area contributed by atoms with E-state index in [-0.39, 0.29) is 24.0 Å². The number of ether oxygens (including phenoxy) is 1. The Morgan fingerprint density at radius 2 is 2.15 bits per heavy atom. The highest BCUT2D eigenvalue weighted by molar-refractivity contribution is 5.85. The second-order valence-corrected chi connectivity index (χ2v) is 6.31. The van der Waals surface area contributed by atoms with E-state index in [0.29, 0.717) is 12.6 Å². The Labute approximate surface area is 121 Å². The van der Waals surface area contributed by atoms with E-state index in [1.807, 2.05) is 13.8 Å². The smallest absolute Gasteiger partial charge is 0.144 e. The summed E-state index contributed by atoms with van der Waals surface area (Å²) in [6.07, 6.45) is 2.92. The average Bonchev–Trinajstić information content (AvgIpc) is 2.44. The first-order valence-corrected chi connectivity index (χ1v) is 7.35. The lowest BCUT2D eigenvalue weighted by molar-refractivity contribution is -0.0780. The maximum absolute atomic E-state index is 9.16. The molecule has 0 aromatic heterocycles. The number of rotatable bonds is 7. The predicted molar refractivity (Wildman–Crippen MR) is 78.9 cm³/mol. The van der Waals surface area contributed by atoms with E-state index in [2.05, 4.69) is 17.0 Å². The molecule has 1 fully saturated rings. The summed E-state index contributed by atoms with van der Waals surface area (Å²) in [6, 6.07) is 0.398. The summed E-state index contributed by atoms with van der Waals surface area (Å²) in [5.74, 6) is 0.289. The molecule has 118 valence electrons. The zero-order valence-corrected chi connectivity index (χ0v) is 12.9. The fourth-order valence-electron chi connectivity index (χ4n) is 2.44. The lowest BCUT2D eigenvalue weighted by Crippen LogP contribution is -2.49. The van der Waals surface area contributed by atoms with Crippen molar-refractivity contribution in [2.45, 2.75) is 52.2 Å². The van der Waals surface area contributed by atoms with Crippen LogP contribution in [-0.4, -0.2) is 59.5 Å². The fraction of sp³-hybridized carbons (Fsp3) is 0.929. The molecule has 2 atom stereocenters. The number of morpholine rings is 1. The van der Waals surface area contributed by atoms with Gasteiger partial charge in [0.2, 0.25) is 0 Å². The molecule has 0 aromatic carbocycles. The zero-order valence-electron chi connectivity index (χ0n) is 12.9. The van der Waals surface area contributed by atoms with Crippen molar-refractivity contribution in [1.29, 1.82) is 0 Å². The third-order valence-electron chi connectivity index (χ3n) is 4.14. The molecule has 0 saturated carbocycles. The molecule has 1 rings (SSSR count). The molecule has 20 heavy (non-hydrogen) atoms. The predicted octanol–water partition coefficient (Wildman–Crippen LogP) is 1.01. The molecule has 0 spiro atoms. The van der Waals surface area contributed by atoms with Gasteiger partial charge in [-0.05, 0) is 26.3 Å². The number of aliphatic hydroxyl groups is 1. The number of hydrogen-bond donors (Lipinski definition) is 3. The third kappa shape index (κ3) is 4.92. The van der Waals surface area contributed by atoms with E-state index >= 15 is 0 Å². The molecule has 6 nitrogen and oxygen atoms in total. The molecular weight excluding hydrogens is 258 g/mol. The van der Waals surface area contributed by atoms with E-state index in [1.165, 1.54) is 0 Å². The Hall–Kier alpha value is -0.850. The van der Waals surface area contributed by atoms with Crippen LogP contribution in [0.1, 0.15) is 40.0 Å². The van der Waals surface area contributed by atoms with Gasteiger partial charge in [0.25, 0.3) is 0 Å². The lowest BCUT2D eigenvalue weighted by Gasteiger charge is -2.37. The average molecular weight is 287 g/mol. The summed E-state index contributed by atoms with van der Waals surface area (Å²) in [4.78, 5) is 2.36. The molecule has 4 N–H and O–H groups in total. The molecule has 6 heteroatoms. The molecule has 1 aliphatic heterocycles. The Morgan fingerprint density at radius 1 is 1.45 bits per heavy atom. The van der Waals surface area contributed by atoms with Crippen molar-refractivity contribution >= 4 is 5.84 Å². The van der Waals surface area contributed by atoms with E-state index in [4.69, 9.17) is 20.8 Å². The van der Waals surface area contributed by atoms with Crippen molar-refractivity contribution in [2.75, 3.05) is 26.3 Å². The van der Waals surface area contributed by atoms with Gasteiger partial charge in [0, 0.05) is 18.0 Å². The molecular formula is C14H29N3O3. The van der Waals surface area contributed by atoms with Crippen LogP contribution < -0.4 is 5.73 Å². The summed E-state index contributed by atoms with van der Waals surface area (Å²) >= 11 is 0. The molecule has 0 amide bonds. The Bertz CT molecular complexity index is 321. The maximum atomic E-state index is 9.16. The summed E-state index contributed by atoms with van der Waals surface area (Å²) in [7, 11) is 0. The number of nitrogens with two attached hydrogens (primary N) is 1. The van der Waals surface area contributed by atoms with Gasteiger partial charge >= 0.3 is 0 Å². The quantitative estimate of drug-likeness (QED) is 0.214. The number of unbranched alkanes of at least 4 members (excludes halogenated alkanes) is 1. The number of amidine groups is 1. The van der Waals surface area contributed by atoms with Crippen LogP contribution in [-0.2, 0) is 4.74 Å². The Kier molecular flexibility index (Phi) is 6.71. The minimum Gasteiger partial charge on any atom is -0.409 e. The van der Waals surface area contributed by atoms with Crippen LogP contribution in [0, 0.1) is 5.41 Å². The number of nitrogens with zero attached hydrogens (tertiary/aromatic N) is 2. The van der Waals surface area contributed by atoms with Gasteiger partial charge in [-0.15, -0.1) is 0 Å². The highest BCUT2D eigenvalue weighted by atomic mass is 16.5. The van der Waals surface area contributed by atoms with Gasteiger partial charge in [-0.3, -0.25) is 4.90 Å². The normalized spacial score (nSPS) is 25.9. The van der Waals surface area contributed by atoms with Gasteiger partial charge in [-0.2, -0.15) is 0 Å². The monoisotopic (exact) mass is 287 g/mol. The summed E-state index contributed by atoms with van der Waals surface area (Å²) < 4.78 is 5.52. The molecule has 1 aliphatic rings. The molecule has 0 radical (unpaired) electrons. The molecule has 1 saturated heterocycles. The van der Waals surface area contributed by atoms with Crippen LogP contribution in [0.2, 0.25) is 0 Å². The zero-order chi connectivity index (χ0) is 15.2. The summed E-state index contributed by atoms with van der Waals surface area (Å²) in [6.45, 7) is 8.67. The van der Waals surface area contributed by atoms with Crippen LogP contribution in [0.4, 0.5) is 0 Å².